The molecule has 0 saturated carbocycles. The molecule has 0 aliphatic rings. The summed E-state index contributed by atoms with van der Waals surface area (Å²) < 4.78 is 6.42. The van der Waals surface area contributed by atoms with Gasteiger partial charge in [-0.1, -0.05) is 17.7 Å². The van der Waals surface area contributed by atoms with Crippen molar-refractivity contribution in [1.29, 1.82) is 0 Å². The second kappa shape index (κ2) is 7.19. The van der Waals surface area contributed by atoms with Gasteiger partial charge in [-0.05, 0) is 42.5 Å². The first-order valence-corrected chi connectivity index (χ1v) is 7.75. The fraction of sp³-hybridized carbons (Fsp3) is 0.0556. The molecule has 0 saturated heterocycles. The second-order valence-corrected chi connectivity index (χ2v) is 5.55. The quantitative estimate of drug-likeness (QED) is 0.780. The molecule has 1 N–H and O–H groups in total. The van der Waals surface area contributed by atoms with Gasteiger partial charge in [0, 0.05) is 23.0 Å². The van der Waals surface area contributed by atoms with E-state index in [1.807, 2.05) is 0 Å². The fourth-order valence-electron chi connectivity index (χ4n) is 2.25. The Labute approximate surface area is 148 Å². The van der Waals surface area contributed by atoms with Crippen LogP contribution >= 0.6 is 11.6 Å². The molecule has 0 unspecified atom stereocenters. The molecule has 0 radical (unpaired) electrons. The Bertz CT molecular complexity index is 968. The number of hydrogen-bond donors (Lipinski definition) is 1. The van der Waals surface area contributed by atoms with E-state index in [-0.39, 0.29) is 5.82 Å². The van der Waals surface area contributed by atoms with Crippen LogP contribution in [0.3, 0.4) is 0 Å². The van der Waals surface area contributed by atoms with Crippen LogP contribution in [-0.2, 0) is 0 Å². The molecular weight excluding hydrogens is 342 g/mol. The molecule has 126 valence electrons. The molecule has 25 heavy (non-hydrogen) atoms. The maximum absolute atomic E-state index is 12.6. The molecule has 0 aliphatic carbocycles. The van der Waals surface area contributed by atoms with Gasteiger partial charge in [-0.25, -0.2) is 4.98 Å². The number of halogens is 1. The molecule has 0 aliphatic heterocycles. The van der Waals surface area contributed by atoms with Crippen LogP contribution in [0, 0.1) is 0 Å². The van der Waals surface area contributed by atoms with Gasteiger partial charge in [0.1, 0.15) is 5.75 Å². The van der Waals surface area contributed by atoms with E-state index in [9.17, 15) is 9.59 Å². The van der Waals surface area contributed by atoms with E-state index in [1.165, 1.54) is 17.0 Å². The highest BCUT2D eigenvalue weighted by molar-refractivity contribution is 6.30. The van der Waals surface area contributed by atoms with E-state index >= 15 is 0 Å². The van der Waals surface area contributed by atoms with Gasteiger partial charge in [-0.15, -0.1) is 0 Å². The molecule has 1 aromatic heterocycles. The average molecular weight is 356 g/mol. The number of rotatable bonds is 4. The fourth-order valence-corrected chi connectivity index (χ4v) is 2.43. The Hall–Kier alpha value is -3.12. The number of anilines is 1. The van der Waals surface area contributed by atoms with Crippen LogP contribution in [0.25, 0.3) is 5.69 Å². The summed E-state index contributed by atoms with van der Waals surface area (Å²) in [6.45, 7) is 0. The molecular formula is C18H14ClN3O3. The molecule has 1 amide bonds. The summed E-state index contributed by atoms with van der Waals surface area (Å²) in [5.41, 5.74) is 0.520. The average Bonchev–Trinajstić information content (AvgIpc) is 2.63. The monoisotopic (exact) mass is 355 g/mol. The van der Waals surface area contributed by atoms with Crippen molar-refractivity contribution in [2.75, 3.05) is 12.4 Å². The number of carbonyl (C=O) groups excluding carboxylic acids is 1. The number of carbonyl (C=O) groups is 1. The van der Waals surface area contributed by atoms with E-state index in [2.05, 4.69) is 10.3 Å². The van der Waals surface area contributed by atoms with Gasteiger partial charge in [0.05, 0.1) is 12.8 Å². The van der Waals surface area contributed by atoms with Gasteiger partial charge in [0.15, 0.2) is 5.82 Å². The number of nitrogens with zero attached hydrogens (tertiary/aromatic N) is 2. The summed E-state index contributed by atoms with van der Waals surface area (Å²) in [6, 6.07) is 13.4. The minimum atomic E-state index is -0.452. The highest BCUT2D eigenvalue weighted by Gasteiger charge is 2.12. The van der Waals surface area contributed by atoms with E-state index in [1.54, 1.807) is 55.6 Å². The van der Waals surface area contributed by atoms with Gasteiger partial charge in [-0.3, -0.25) is 14.2 Å². The van der Waals surface area contributed by atoms with Crippen molar-refractivity contribution < 1.29 is 9.53 Å². The summed E-state index contributed by atoms with van der Waals surface area (Å²) in [5, 5.41) is 3.04. The van der Waals surface area contributed by atoms with E-state index in [0.29, 0.717) is 22.0 Å². The first kappa shape index (κ1) is 16.7. The van der Waals surface area contributed by atoms with Crippen molar-refractivity contribution in [3.63, 3.8) is 0 Å². The highest BCUT2D eigenvalue weighted by atomic mass is 35.5. The molecule has 6 nitrogen and oxygen atoms in total. The lowest BCUT2D eigenvalue weighted by atomic mass is 10.2. The molecule has 3 rings (SSSR count). The van der Waals surface area contributed by atoms with Crippen molar-refractivity contribution in [2.24, 2.45) is 0 Å². The SMILES string of the molecule is COc1ccc(C(=O)Nc2nccn(-c3cccc(Cl)c3)c2=O)cc1. The van der Waals surface area contributed by atoms with E-state index < -0.39 is 11.5 Å². The maximum atomic E-state index is 12.6. The summed E-state index contributed by atoms with van der Waals surface area (Å²) in [6.07, 6.45) is 2.95. The molecule has 0 fully saturated rings. The Morgan fingerprint density at radius 1 is 1.20 bits per heavy atom. The van der Waals surface area contributed by atoms with Crippen molar-refractivity contribution in [3.05, 3.63) is 81.9 Å². The maximum Gasteiger partial charge on any atom is 0.298 e. The van der Waals surface area contributed by atoms with Crippen LogP contribution < -0.4 is 15.6 Å². The molecule has 0 atom stereocenters. The second-order valence-electron chi connectivity index (χ2n) is 5.11. The first-order valence-electron chi connectivity index (χ1n) is 7.37. The third-order valence-corrected chi connectivity index (χ3v) is 3.75. The van der Waals surface area contributed by atoms with Crippen molar-refractivity contribution in [1.82, 2.24) is 9.55 Å². The molecule has 2 aromatic carbocycles. The van der Waals surface area contributed by atoms with E-state index in [0.717, 1.165) is 0 Å². The zero-order valence-electron chi connectivity index (χ0n) is 13.3. The van der Waals surface area contributed by atoms with Crippen molar-refractivity contribution >= 4 is 23.3 Å². The third-order valence-electron chi connectivity index (χ3n) is 3.51. The summed E-state index contributed by atoms with van der Waals surface area (Å²) in [7, 11) is 1.54. The highest BCUT2D eigenvalue weighted by Crippen LogP contribution is 2.14. The Balaban J connectivity index is 1.89. The minimum absolute atomic E-state index is 0.0664. The normalized spacial score (nSPS) is 10.3. The predicted octanol–water partition coefficient (Wildman–Crippen LogP) is 3.15. The Kier molecular flexibility index (Phi) is 4.81. The molecule has 3 aromatic rings. The van der Waals surface area contributed by atoms with Crippen LogP contribution in [-0.4, -0.2) is 22.6 Å². The molecule has 0 spiro atoms. The number of ether oxygens (including phenoxy) is 1. The lowest BCUT2D eigenvalue weighted by molar-refractivity contribution is 0.102. The third kappa shape index (κ3) is 3.70. The number of amides is 1. The van der Waals surface area contributed by atoms with Crippen LogP contribution in [0.15, 0.2) is 65.7 Å². The Morgan fingerprint density at radius 3 is 2.64 bits per heavy atom. The predicted molar refractivity (Wildman–Crippen MR) is 95.8 cm³/mol. The standard InChI is InChI=1S/C18H14ClN3O3/c1-25-15-7-5-12(6-8-15)17(23)21-16-18(24)22(10-9-20-16)14-4-2-3-13(19)11-14/h2-11H,1H3,(H,20,21,23). The zero-order valence-corrected chi connectivity index (χ0v) is 14.0. The first-order chi connectivity index (χ1) is 12.1. The van der Waals surface area contributed by atoms with Crippen LogP contribution in [0.4, 0.5) is 5.82 Å². The van der Waals surface area contributed by atoms with Gasteiger partial charge >= 0.3 is 0 Å². The molecule has 0 bridgehead atoms. The number of nitrogens with one attached hydrogen (secondary N) is 1. The smallest absolute Gasteiger partial charge is 0.298 e. The largest absolute Gasteiger partial charge is 0.497 e. The number of aromatic nitrogens is 2. The zero-order chi connectivity index (χ0) is 17.8. The van der Waals surface area contributed by atoms with Gasteiger partial charge in [-0.2, -0.15) is 0 Å². The van der Waals surface area contributed by atoms with Crippen LogP contribution in [0.1, 0.15) is 10.4 Å². The lowest BCUT2D eigenvalue weighted by Gasteiger charge is -2.09. The summed E-state index contributed by atoms with van der Waals surface area (Å²) in [5.74, 6) is 0.136. The molecule has 1 heterocycles. The number of benzene rings is 2. The van der Waals surface area contributed by atoms with Crippen molar-refractivity contribution in [2.45, 2.75) is 0 Å². The topological polar surface area (TPSA) is 73.2 Å². The van der Waals surface area contributed by atoms with Gasteiger partial charge in [0.25, 0.3) is 11.5 Å². The number of hydrogen-bond acceptors (Lipinski definition) is 4. The molecule has 7 heteroatoms. The van der Waals surface area contributed by atoms with Gasteiger partial charge in [0.2, 0.25) is 0 Å². The van der Waals surface area contributed by atoms with Gasteiger partial charge < -0.3 is 10.1 Å². The Morgan fingerprint density at radius 2 is 1.96 bits per heavy atom. The minimum Gasteiger partial charge on any atom is -0.497 e. The van der Waals surface area contributed by atoms with Crippen LogP contribution in [0.5, 0.6) is 5.75 Å². The summed E-state index contributed by atoms with van der Waals surface area (Å²) in [4.78, 5) is 28.8. The summed E-state index contributed by atoms with van der Waals surface area (Å²) >= 11 is 5.96. The van der Waals surface area contributed by atoms with Crippen molar-refractivity contribution in [3.8, 4) is 11.4 Å². The lowest BCUT2D eigenvalue weighted by Crippen LogP contribution is -2.26. The van der Waals surface area contributed by atoms with E-state index in [4.69, 9.17) is 16.3 Å². The van der Waals surface area contributed by atoms with Crippen LogP contribution in [0.2, 0.25) is 5.02 Å². The number of methoxy groups -OCH3 is 1.